The van der Waals surface area contributed by atoms with Gasteiger partial charge in [0.25, 0.3) is 5.91 Å². The summed E-state index contributed by atoms with van der Waals surface area (Å²) in [6, 6.07) is 18.3. The van der Waals surface area contributed by atoms with Crippen molar-refractivity contribution < 1.29 is 4.79 Å². The molecule has 0 atom stereocenters. The van der Waals surface area contributed by atoms with Gasteiger partial charge in [-0.15, -0.1) is 0 Å². The zero-order valence-electron chi connectivity index (χ0n) is 11.1. The normalized spacial score (nSPS) is 10.0. The lowest BCUT2D eigenvalue weighted by Crippen LogP contribution is -2.13. The molecule has 0 aliphatic rings. The van der Waals surface area contributed by atoms with E-state index >= 15 is 0 Å². The molecule has 4 heteroatoms. The molecule has 100 valence electrons. The van der Waals surface area contributed by atoms with Crippen molar-refractivity contribution >= 4 is 22.5 Å². The monoisotopic (exact) mass is 273 g/mol. The average Bonchev–Trinajstić information content (AvgIpc) is 2.55. The molecule has 0 saturated carbocycles. The van der Waals surface area contributed by atoms with Crippen molar-refractivity contribution in [2.75, 3.05) is 5.32 Å². The average molecular weight is 273 g/mol. The molecule has 1 N–H and O–H groups in total. The van der Waals surface area contributed by atoms with Crippen LogP contribution in [0.2, 0.25) is 0 Å². The van der Waals surface area contributed by atoms with E-state index in [-0.39, 0.29) is 5.91 Å². The Bertz CT molecular complexity index is 865. The van der Waals surface area contributed by atoms with Crippen LogP contribution in [0.3, 0.4) is 0 Å². The lowest BCUT2D eigenvalue weighted by Gasteiger charge is -2.07. The minimum Gasteiger partial charge on any atom is -0.321 e. The molecule has 2 aromatic carbocycles. The maximum Gasteiger partial charge on any atom is 0.257 e. The first kappa shape index (κ1) is 12.8. The van der Waals surface area contributed by atoms with Crippen LogP contribution in [0.1, 0.15) is 15.9 Å². The summed E-state index contributed by atoms with van der Waals surface area (Å²) in [6.07, 6.45) is 1.53. The van der Waals surface area contributed by atoms with Crippen LogP contribution in [0.4, 0.5) is 5.69 Å². The van der Waals surface area contributed by atoms with Gasteiger partial charge in [0, 0.05) is 11.6 Å². The molecule has 0 aliphatic heterocycles. The highest BCUT2D eigenvalue weighted by Gasteiger charge is 2.09. The molecule has 0 spiro atoms. The number of para-hydroxylation sites is 2. The maximum atomic E-state index is 12.3. The Morgan fingerprint density at radius 3 is 2.71 bits per heavy atom. The first-order valence-corrected chi connectivity index (χ1v) is 6.43. The van der Waals surface area contributed by atoms with Gasteiger partial charge in [-0.1, -0.05) is 30.3 Å². The van der Waals surface area contributed by atoms with Gasteiger partial charge in [0.2, 0.25) is 0 Å². The Kier molecular flexibility index (Phi) is 3.32. The summed E-state index contributed by atoms with van der Waals surface area (Å²) in [5.74, 6) is -0.282. The summed E-state index contributed by atoms with van der Waals surface area (Å²) in [5, 5.41) is 12.7. The van der Waals surface area contributed by atoms with Crippen molar-refractivity contribution in [1.82, 2.24) is 4.98 Å². The Hall–Kier alpha value is -3.19. The molecule has 0 fully saturated rings. The molecule has 1 aromatic heterocycles. The summed E-state index contributed by atoms with van der Waals surface area (Å²) in [5.41, 5.74) is 2.23. The lowest BCUT2D eigenvalue weighted by molar-refractivity contribution is 0.102. The molecule has 0 radical (unpaired) electrons. The largest absolute Gasteiger partial charge is 0.321 e. The summed E-state index contributed by atoms with van der Waals surface area (Å²) in [7, 11) is 0. The number of nitriles is 1. The molecular weight excluding hydrogens is 262 g/mol. The van der Waals surface area contributed by atoms with Crippen LogP contribution < -0.4 is 5.32 Å². The van der Waals surface area contributed by atoms with Gasteiger partial charge in [0.05, 0.1) is 22.3 Å². The SMILES string of the molecule is N#Cc1ccccc1NC(=O)c1cnc2ccccc2c1. The van der Waals surface area contributed by atoms with Crippen LogP contribution in [-0.4, -0.2) is 10.9 Å². The van der Waals surface area contributed by atoms with E-state index in [0.29, 0.717) is 16.8 Å². The van der Waals surface area contributed by atoms with E-state index in [4.69, 9.17) is 5.26 Å². The van der Waals surface area contributed by atoms with E-state index in [1.54, 1.807) is 30.3 Å². The van der Waals surface area contributed by atoms with E-state index in [1.807, 2.05) is 24.3 Å². The number of fused-ring (bicyclic) bond motifs is 1. The van der Waals surface area contributed by atoms with Crippen LogP contribution in [-0.2, 0) is 0 Å². The predicted octanol–water partition coefficient (Wildman–Crippen LogP) is 3.36. The predicted molar refractivity (Wildman–Crippen MR) is 80.9 cm³/mol. The number of pyridine rings is 1. The lowest BCUT2D eigenvalue weighted by atomic mass is 10.1. The molecule has 3 rings (SSSR count). The number of aromatic nitrogens is 1. The smallest absolute Gasteiger partial charge is 0.257 e. The van der Waals surface area contributed by atoms with Gasteiger partial charge in [0.15, 0.2) is 0 Å². The fourth-order valence-corrected chi connectivity index (χ4v) is 2.08. The summed E-state index contributed by atoms with van der Waals surface area (Å²) in [4.78, 5) is 16.5. The highest BCUT2D eigenvalue weighted by atomic mass is 16.1. The summed E-state index contributed by atoms with van der Waals surface area (Å²) in [6.45, 7) is 0. The molecule has 4 nitrogen and oxygen atoms in total. The van der Waals surface area contributed by atoms with Crippen LogP contribution in [0.5, 0.6) is 0 Å². The first-order chi connectivity index (χ1) is 10.3. The number of carbonyl (C=O) groups is 1. The number of carbonyl (C=O) groups excluding carboxylic acids is 1. The van der Waals surface area contributed by atoms with Gasteiger partial charge >= 0.3 is 0 Å². The van der Waals surface area contributed by atoms with Crippen LogP contribution >= 0.6 is 0 Å². The van der Waals surface area contributed by atoms with Gasteiger partial charge in [-0.05, 0) is 24.3 Å². The molecular formula is C17H11N3O. The molecule has 21 heavy (non-hydrogen) atoms. The van der Waals surface area contributed by atoms with E-state index in [1.165, 1.54) is 6.20 Å². The van der Waals surface area contributed by atoms with Gasteiger partial charge in [-0.25, -0.2) is 0 Å². The highest BCUT2D eigenvalue weighted by molar-refractivity contribution is 6.06. The summed E-state index contributed by atoms with van der Waals surface area (Å²) < 4.78 is 0. The van der Waals surface area contributed by atoms with Gasteiger partial charge < -0.3 is 5.32 Å². The Morgan fingerprint density at radius 2 is 1.86 bits per heavy atom. The quantitative estimate of drug-likeness (QED) is 0.778. The van der Waals surface area contributed by atoms with Gasteiger partial charge in [0.1, 0.15) is 6.07 Å². The molecule has 0 unspecified atom stereocenters. The number of amides is 1. The van der Waals surface area contributed by atoms with E-state index in [2.05, 4.69) is 16.4 Å². The van der Waals surface area contributed by atoms with Crippen LogP contribution in [0.15, 0.2) is 60.8 Å². The summed E-state index contributed by atoms with van der Waals surface area (Å²) >= 11 is 0. The zero-order valence-corrected chi connectivity index (χ0v) is 11.1. The molecule has 0 saturated heterocycles. The number of nitrogens with zero attached hydrogens (tertiary/aromatic N) is 2. The molecule has 3 aromatic rings. The van der Waals surface area contributed by atoms with Crippen molar-refractivity contribution in [2.45, 2.75) is 0 Å². The van der Waals surface area contributed by atoms with E-state index in [0.717, 1.165) is 10.9 Å². The maximum absolute atomic E-state index is 12.3. The van der Waals surface area contributed by atoms with Crippen LogP contribution in [0, 0.1) is 11.3 Å². The number of benzene rings is 2. The number of nitrogens with one attached hydrogen (secondary N) is 1. The fraction of sp³-hybridized carbons (Fsp3) is 0. The number of rotatable bonds is 2. The van der Waals surface area contributed by atoms with Gasteiger partial charge in [-0.3, -0.25) is 9.78 Å². The third-order valence-corrected chi connectivity index (χ3v) is 3.15. The van der Waals surface area contributed by atoms with Crippen molar-refractivity contribution in [3.8, 4) is 6.07 Å². The van der Waals surface area contributed by atoms with E-state index in [9.17, 15) is 4.79 Å². The second-order valence-corrected chi connectivity index (χ2v) is 4.53. The fourth-order valence-electron chi connectivity index (χ4n) is 2.08. The molecule has 1 amide bonds. The Morgan fingerprint density at radius 1 is 1.10 bits per heavy atom. The highest BCUT2D eigenvalue weighted by Crippen LogP contribution is 2.17. The third-order valence-electron chi connectivity index (χ3n) is 3.15. The second kappa shape index (κ2) is 5.43. The number of hydrogen-bond acceptors (Lipinski definition) is 3. The minimum absolute atomic E-state index is 0.282. The Labute approximate surface area is 121 Å². The van der Waals surface area contributed by atoms with Crippen molar-refractivity contribution in [3.05, 3.63) is 71.9 Å². The molecule has 0 bridgehead atoms. The Balaban J connectivity index is 1.92. The standard InChI is InChI=1S/C17H11N3O/c18-10-13-6-2-4-8-16(13)20-17(21)14-9-12-5-1-3-7-15(12)19-11-14/h1-9,11H,(H,20,21). The minimum atomic E-state index is -0.282. The third kappa shape index (κ3) is 2.58. The second-order valence-electron chi connectivity index (χ2n) is 4.53. The zero-order chi connectivity index (χ0) is 14.7. The van der Waals surface area contributed by atoms with E-state index < -0.39 is 0 Å². The van der Waals surface area contributed by atoms with Gasteiger partial charge in [-0.2, -0.15) is 5.26 Å². The number of anilines is 1. The van der Waals surface area contributed by atoms with Crippen molar-refractivity contribution in [2.24, 2.45) is 0 Å². The van der Waals surface area contributed by atoms with Crippen LogP contribution in [0.25, 0.3) is 10.9 Å². The molecule has 1 heterocycles. The first-order valence-electron chi connectivity index (χ1n) is 6.43. The molecule has 0 aliphatic carbocycles. The number of hydrogen-bond donors (Lipinski definition) is 1. The van der Waals surface area contributed by atoms with Crippen molar-refractivity contribution in [1.29, 1.82) is 5.26 Å². The van der Waals surface area contributed by atoms with Crippen molar-refractivity contribution in [3.63, 3.8) is 0 Å². The topological polar surface area (TPSA) is 65.8 Å².